The molecule has 0 radical (unpaired) electrons. The van der Waals surface area contributed by atoms with Crippen molar-refractivity contribution in [3.63, 3.8) is 0 Å². The Morgan fingerprint density at radius 1 is 1.18 bits per heavy atom. The first-order valence-electron chi connectivity index (χ1n) is 9.39. The molecule has 1 amide bonds. The molecule has 144 valence electrons. The predicted octanol–water partition coefficient (Wildman–Crippen LogP) is 5.95. The number of carbonyl (C=O) groups excluding carboxylic acids is 1. The molecule has 0 fully saturated rings. The summed E-state index contributed by atoms with van der Waals surface area (Å²) in [5.74, 6) is 0.573. The number of benzene rings is 2. The molecule has 1 heterocycles. The lowest BCUT2D eigenvalue weighted by molar-refractivity contribution is -0.111. The van der Waals surface area contributed by atoms with Crippen molar-refractivity contribution >= 4 is 28.5 Å². The first-order valence-corrected chi connectivity index (χ1v) is 10.3. The molecule has 0 atom stereocenters. The number of nitrogens with one attached hydrogen (secondary N) is 1. The van der Waals surface area contributed by atoms with Gasteiger partial charge in [-0.05, 0) is 25.5 Å². The van der Waals surface area contributed by atoms with E-state index in [2.05, 4.69) is 36.3 Å². The maximum absolute atomic E-state index is 12.3. The zero-order chi connectivity index (χ0) is 19.8. The smallest absolute Gasteiger partial charge is 0.250 e. The van der Waals surface area contributed by atoms with Crippen molar-refractivity contribution in [2.24, 2.45) is 0 Å². The van der Waals surface area contributed by atoms with Gasteiger partial charge in [-0.15, -0.1) is 11.3 Å². The van der Waals surface area contributed by atoms with E-state index in [1.54, 1.807) is 6.08 Å². The van der Waals surface area contributed by atoms with E-state index in [9.17, 15) is 4.79 Å². The number of thiazole rings is 1. The van der Waals surface area contributed by atoms with Gasteiger partial charge in [-0.3, -0.25) is 10.1 Å². The highest BCUT2D eigenvalue weighted by atomic mass is 32.1. The standard InChI is InChI=1S/C23H24N2O2S/c1-3-4-15-27-21-8-6-5-7-19(21)13-14-22(26)25-23-24-20(16-28-23)18-11-9-17(2)10-12-18/h5-14,16H,3-4,15H2,1-2H3,(H,24,25,26)/b14-13+. The lowest BCUT2D eigenvalue weighted by Crippen LogP contribution is -2.07. The molecule has 0 bridgehead atoms. The minimum atomic E-state index is -0.215. The van der Waals surface area contributed by atoms with Crippen molar-refractivity contribution < 1.29 is 9.53 Å². The van der Waals surface area contributed by atoms with Gasteiger partial charge in [-0.2, -0.15) is 0 Å². The molecule has 3 aromatic rings. The second-order valence-corrected chi connectivity index (χ2v) is 7.32. The molecule has 4 nitrogen and oxygen atoms in total. The zero-order valence-electron chi connectivity index (χ0n) is 16.1. The lowest BCUT2D eigenvalue weighted by Gasteiger charge is -2.08. The van der Waals surface area contributed by atoms with Crippen LogP contribution in [0.15, 0.2) is 60.0 Å². The summed E-state index contributed by atoms with van der Waals surface area (Å²) in [7, 11) is 0. The Labute approximate surface area is 169 Å². The number of nitrogens with zero attached hydrogens (tertiary/aromatic N) is 1. The molecule has 1 N–H and O–H groups in total. The van der Waals surface area contributed by atoms with Crippen LogP contribution < -0.4 is 10.1 Å². The number of hydrogen-bond donors (Lipinski definition) is 1. The van der Waals surface area contributed by atoms with Crippen LogP contribution in [0.1, 0.15) is 30.9 Å². The molecule has 0 spiro atoms. The van der Waals surface area contributed by atoms with E-state index in [0.717, 1.165) is 35.4 Å². The van der Waals surface area contributed by atoms with E-state index in [-0.39, 0.29) is 5.91 Å². The van der Waals surface area contributed by atoms with Crippen molar-refractivity contribution in [2.75, 3.05) is 11.9 Å². The summed E-state index contributed by atoms with van der Waals surface area (Å²) in [5.41, 5.74) is 3.99. The summed E-state index contributed by atoms with van der Waals surface area (Å²) >= 11 is 1.41. The highest BCUT2D eigenvalue weighted by Gasteiger charge is 2.07. The number of hydrogen-bond acceptors (Lipinski definition) is 4. The summed E-state index contributed by atoms with van der Waals surface area (Å²) < 4.78 is 5.80. The molecule has 2 aromatic carbocycles. The fourth-order valence-corrected chi connectivity index (χ4v) is 3.30. The van der Waals surface area contributed by atoms with Gasteiger partial charge in [0.15, 0.2) is 5.13 Å². The van der Waals surface area contributed by atoms with Crippen LogP contribution in [0.25, 0.3) is 17.3 Å². The van der Waals surface area contributed by atoms with Crippen LogP contribution in [0.5, 0.6) is 5.75 Å². The van der Waals surface area contributed by atoms with E-state index in [1.807, 2.05) is 41.8 Å². The Morgan fingerprint density at radius 2 is 1.96 bits per heavy atom. The second-order valence-electron chi connectivity index (χ2n) is 6.47. The molecule has 0 saturated carbocycles. The molecular formula is C23H24N2O2S. The number of unbranched alkanes of at least 4 members (excludes halogenated alkanes) is 1. The summed E-state index contributed by atoms with van der Waals surface area (Å²) in [6, 6.07) is 15.9. The van der Waals surface area contributed by atoms with Crippen LogP contribution in [0.2, 0.25) is 0 Å². The van der Waals surface area contributed by atoms with Gasteiger partial charge in [-0.25, -0.2) is 4.98 Å². The first kappa shape index (κ1) is 19.8. The van der Waals surface area contributed by atoms with Gasteiger partial charge in [0.05, 0.1) is 12.3 Å². The minimum absolute atomic E-state index is 0.215. The van der Waals surface area contributed by atoms with Crippen LogP contribution >= 0.6 is 11.3 Å². The minimum Gasteiger partial charge on any atom is -0.493 e. The van der Waals surface area contributed by atoms with E-state index >= 15 is 0 Å². The maximum atomic E-state index is 12.3. The zero-order valence-corrected chi connectivity index (χ0v) is 17.0. The maximum Gasteiger partial charge on any atom is 0.250 e. The monoisotopic (exact) mass is 392 g/mol. The number of amides is 1. The molecule has 0 aliphatic carbocycles. The Kier molecular flexibility index (Phi) is 6.98. The molecule has 5 heteroatoms. The molecule has 0 saturated heterocycles. The van der Waals surface area contributed by atoms with Gasteiger partial charge >= 0.3 is 0 Å². The van der Waals surface area contributed by atoms with Crippen molar-refractivity contribution in [3.05, 3.63) is 71.1 Å². The molecule has 0 unspecified atom stereocenters. The van der Waals surface area contributed by atoms with Crippen molar-refractivity contribution in [1.82, 2.24) is 4.98 Å². The average molecular weight is 393 g/mol. The van der Waals surface area contributed by atoms with Crippen LogP contribution in [0, 0.1) is 6.92 Å². The summed E-state index contributed by atoms with van der Waals surface area (Å²) in [4.78, 5) is 16.8. The van der Waals surface area contributed by atoms with Gasteiger partial charge in [0.25, 0.3) is 0 Å². The van der Waals surface area contributed by atoms with Gasteiger partial charge in [0.1, 0.15) is 5.75 Å². The fourth-order valence-electron chi connectivity index (χ4n) is 2.58. The molecule has 0 aliphatic rings. The Balaban J connectivity index is 1.62. The number of rotatable bonds is 8. The molecule has 1 aromatic heterocycles. The number of anilines is 1. The number of aryl methyl sites for hydroxylation is 1. The summed E-state index contributed by atoms with van der Waals surface area (Å²) in [5, 5.41) is 5.35. The van der Waals surface area contributed by atoms with Gasteiger partial charge in [0, 0.05) is 22.6 Å². The third-order valence-electron chi connectivity index (χ3n) is 4.17. The van der Waals surface area contributed by atoms with Crippen molar-refractivity contribution in [2.45, 2.75) is 26.7 Å². The molecule has 3 rings (SSSR count). The van der Waals surface area contributed by atoms with E-state index in [1.165, 1.54) is 23.0 Å². The molecule has 0 aliphatic heterocycles. The largest absolute Gasteiger partial charge is 0.493 e. The van der Waals surface area contributed by atoms with Crippen LogP contribution in [0.4, 0.5) is 5.13 Å². The van der Waals surface area contributed by atoms with Crippen LogP contribution in [-0.4, -0.2) is 17.5 Å². The number of carbonyl (C=O) groups is 1. The van der Waals surface area contributed by atoms with E-state index < -0.39 is 0 Å². The van der Waals surface area contributed by atoms with Gasteiger partial charge in [0.2, 0.25) is 5.91 Å². The number of aromatic nitrogens is 1. The Morgan fingerprint density at radius 3 is 2.75 bits per heavy atom. The highest BCUT2D eigenvalue weighted by Crippen LogP contribution is 2.25. The second kappa shape index (κ2) is 9.85. The third-order valence-corrected chi connectivity index (χ3v) is 4.93. The van der Waals surface area contributed by atoms with E-state index in [4.69, 9.17) is 4.74 Å². The Hall–Kier alpha value is -2.92. The molecular weight excluding hydrogens is 368 g/mol. The quantitative estimate of drug-likeness (QED) is 0.381. The SMILES string of the molecule is CCCCOc1ccccc1/C=C/C(=O)Nc1nc(-c2ccc(C)cc2)cs1. The highest BCUT2D eigenvalue weighted by molar-refractivity contribution is 7.14. The van der Waals surface area contributed by atoms with Crippen LogP contribution in [0.3, 0.4) is 0 Å². The summed E-state index contributed by atoms with van der Waals surface area (Å²) in [6.45, 7) is 4.85. The van der Waals surface area contributed by atoms with Crippen LogP contribution in [-0.2, 0) is 4.79 Å². The Bertz CT molecular complexity index is 945. The predicted molar refractivity (Wildman–Crippen MR) is 117 cm³/mol. The topological polar surface area (TPSA) is 51.2 Å². The number of ether oxygens (including phenoxy) is 1. The fraction of sp³-hybridized carbons (Fsp3) is 0.217. The van der Waals surface area contributed by atoms with Gasteiger partial charge in [-0.1, -0.05) is 61.4 Å². The summed E-state index contributed by atoms with van der Waals surface area (Å²) in [6.07, 6.45) is 5.37. The van der Waals surface area contributed by atoms with E-state index in [0.29, 0.717) is 11.7 Å². The lowest BCUT2D eigenvalue weighted by atomic mass is 10.1. The van der Waals surface area contributed by atoms with Crippen molar-refractivity contribution in [3.8, 4) is 17.0 Å². The first-order chi connectivity index (χ1) is 13.7. The normalized spacial score (nSPS) is 10.9. The van der Waals surface area contributed by atoms with Gasteiger partial charge < -0.3 is 4.74 Å². The average Bonchev–Trinajstić information content (AvgIpc) is 3.16. The van der Waals surface area contributed by atoms with Crippen molar-refractivity contribution in [1.29, 1.82) is 0 Å². The molecule has 28 heavy (non-hydrogen) atoms. The number of para-hydroxylation sites is 1. The third kappa shape index (κ3) is 5.54.